The second-order valence-electron chi connectivity index (χ2n) is 8.25. The number of carbonyl (C=O) groups excluding carboxylic acids is 1. The molecule has 3 aromatic carbocycles. The Balaban J connectivity index is 1.48. The van der Waals surface area contributed by atoms with Crippen LogP contribution in [0.2, 0.25) is 0 Å². The number of hydrogen-bond donors (Lipinski definition) is 1. The Morgan fingerprint density at radius 1 is 0.857 bits per heavy atom. The maximum atomic E-state index is 13.4. The van der Waals surface area contributed by atoms with E-state index in [1.807, 2.05) is 105 Å². The van der Waals surface area contributed by atoms with Crippen molar-refractivity contribution >= 4 is 23.5 Å². The highest BCUT2D eigenvalue weighted by atomic mass is 16.2. The van der Waals surface area contributed by atoms with E-state index in [4.69, 9.17) is 0 Å². The molecule has 0 bridgehead atoms. The average Bonchev–Trinajstić information content (AvgIpc) is 3.31. The van der Waals surface area contributed by atoms with E-state index in [2.05, 4.69) is 10.3 Å². The van der Waals surface area contributed by atoms with Crippen LogP contribution in [0.3, 0.4) is 0 Å². The number of carbonyl (C=O) groups is 1. The standard InChI is InChI=1S/C28H25N5O2/c1-20-25(28(35)33(31(20)2)23-16-10-5-11-17-23)29-19-32-26(22-14-8-4-9-15-22)30-24(27(32)34)18-21-12-6-3-7-13-21/h3-18,29H,19H2,1-2H3. The molecule has 1 aliphatic heterocycles. The Hall–Kier alpha value is -4.65. The molecule has 1 N–H and O–H groups in total. The molecule has 7 nitrogen and oxygen atoms in total. The third kappa shape index (κ3) is 4.19. The summed E-state index contributed by atoms with van der Waals surface area (Å²) in [7, 11) is 1.84. The lowest BCUT2D eigenvalue weighted by Gasteiger charge is -2.19. The zero-order valence-electron chi connectivity index (χ0n) is 19.6. The lowest BCUT2D eigenvalue weighted by molar-refractivity contribution is -0.122. The fraction of sp³-hybridized carbons (Fsp3) is 0.107. The number of anilines is 1. The van der Waals surface area contributed by atoms with E-state index in [-0.39, 0.29) is 18.1 Å². The van der Waals surface area contributed by atoms with Gasteiger partial charge >= 0.3 is 0 Å². The van der Waals surface area contributed by atoms with Gasteiger partial charge in [-0.3, -0.25) is 19.2 Å². The number of nitrogens with zero attached hydrogens (tertiary/aromatic N) is 4. The predicted octanol–water partition coefficient (Wildman–Crippen LogP) is 4.18. The van der Waals surface area contributed by atoms with Gasteiger partial charge in [-0.25, -0.2) is 9.67 Å². The van der Waals surface area contributed by atoms with Gasteiger partial charge in [0.2, 0.25) is 0 Å². The minimum absolute atomic E-state index is 0.105. The zero-order chi connectivity index (χ0) is 24.4. The van der Waals surface area contributed by atoms with Gasteiger partial charge in [0.15, 0.2) is 0 Å². The van der Waals surface area contributed by atoms with Crippen LogP contribution in [0.5, 0.6) is 0 Å². The fourth-order valence-corrected chi connectivity index (χ4v) is 4.14. The molecular weight excluding hydrogens is 438 g/mol. The number of nitrogens with one attached hydrogen (secondary N) is 1. The lowest BCUT2D eigenvalue weighted by atomic mass is 10.2. The molecule has 0 unspecified atom stereocenters. The number of rotatable bonds is 6. The van der Waals surface area contributed by atoms with E-state index >= 15 is 0 Å². The molecule has 1 aromatic heterocycles. The average molecular weight is 464 g/mol. The van der Waals surface area contributed by atoms with Gasteiger partial charge in [-0.05, 0) is 30.7 Å². The summed E-state index contributed by atoms with van der Waals surface area (Å²) in [5.41, 5.74) is 3.87. The quantitative estimate of drug-likeness (QED) is 0.436. The van der Waals surface area contributed by atoms with Crippen molar-refractivity contribution in [2.24, 2.45) is 12.0 Å². The van der Waals surface area contributed by atoms with Crippen LogP contribution in [-0.4, -0.2) is 32.7 Å². The molecule has 0 saturated heterocycles. The molecule has 1 amide bonds. The van der Waals surface area contributed by atoms with Gasteiger partial charge in [-0.15, -0.1) is 0 Å². The summed E-state index contributed by atoms with van der Waals surface area (Å²) in [5.74, 6) is 0.319. The Bertz CT molecular complexity index is 1480. The summed E-state index contributed by atoms with van der Waals surface area (Å²) in [6.07, 6.45) is 1.78. The van der Waals surface area contributed by atoms with E-state index in [1.54, 1.807) is 20.3 Å². The summed E-state index contributed by atoms with van der Waals surface area (Å²) in [6.45, 7) is 1.98. The molecule has 174 valence electrons. The van der Waals surface area contributed by atoms with Gasteiger partial charge in [0, 0.05) is 12.6 Å². The SMILES string of the molecule is Cc1c(NCN2C(=O)C(=Cc3ccccc3)N=C2c2ccccc2)c(=O)n(-c2ccccc2)n1C. The normalized spacial score (nSPS) is 14.5. The largest absolute Gasteiger partial charge is 0.361 e. The molecule has 0 fully saturated rings. The monoisotopic (exact) mass is 463 g/mol. The molecule has 1 aliphatic rings. The number of benzene rings is 3. The van der Waals surface area contributed by atoms with E-state index in [0.29, 0.717) is 17.2 Å². The molecule has 2 heterocycles. The Morgan fingerprint density at radius 3 is 2.11 bits per heavy atom. The number of aromatic nitrogens is 2. The first-order valence-electron chi connectivity index (χ1n) is 11.3. The Morgan fingerprint density at radius 2 is 1.46 bits per heavy atom. The van der Waals surface area contributed by atoms with Gasteiger partial charge < -0.3 is 5.32 Å². The van der Waals surface area contributed by atoms with Gasteiger partial charge in [-0.1, -0.05) is 78.9 Å². The topological polar surface area (TPSA) is 71.6 Å². The van der Waals surface area contributed by atoms with Crippen molar-refractivity contribution < 1.29 is 4.79 Å². The van der Waals surface area contributed by atoms with Crippen LogP contribution in [0.4, 0.5) is 5.69 Å². The van der Waals surface area contributed by atoms with Crippen molar-refractivity contribution in [3.8, 4) is 5.69 Å². The maximum Gasteiger partial charge on any atom is 0.295 e. The molecule has 0 saturated carbocycles. The summed E-state index contributed by atoms with van der Waals surface area (Å²) < 4.78 is 3.41. The molecule has 0 spiro atoms. The molecule has 5 rings (SSSR count). The number of aliphatic imine (C=N–C) groups is 1. The van der Waals surface area contributed by atoms with Crippen molar-refractivity contribution in [1.29, 1.82) is 0 Å². The lowest BCUT2D eigenvalue weighted by Crippen LogP contribution is -2.37. The first-order chi connectivity index (χ1) is 17.0. The van der Waals surface area contributed by atoms with Crippen LogP contribution in [0.15, 0.2) is 106 Å². The highest BCUT2D eigenvalue weighted by Gasteiger charge is 2.31. The van der Waals surface area contributed by atoms with Gasteiger partial charge in [0.1, 0.15) is 17.2 Å². The molecule has 0 aliphatic carbocycles. The van der Waals surface area contributed by atoms with Crippen LogP contribution >= 0.6 is 0 Å². The number of hydrogen-bond acceptors (Lipinski definition) is 4. The molecule has 7 heteroatoms. The summed E-state index contributed by atoms with van der Waals surface area (Å²) in [5, 5.41) is 3.21. The zero-order valence-corrected chi connectivity index (χ0v) is 19.6. The molecule has 4 aromatic rings. The molecule has 0 atom stereocenters. The number of amidine groups is 1. The Kier molecular flexibility index (Phi) is 5.89. The van der Waals surface area contributed by atoms with Crippen LogP contribution in [-0.2, 0) is 11.8 Å². The second kappa shape index (κ2) is 9.30. The number of para-hydroxylation sites is 1. The van der Waals surface area contributed by atoms with Gasteiger partial charge in [0.25, 0.3) is 11.5 Å². The maximum absolute atomic E-state index is 13.4. The summed E-state index contributed by atoms with van der Waals surface area (Å²) >= 11 is 0. The van der Waals surface area contributed by atoms with Crippen LogP contribution in [0.1, 0.15) is 16.8 Å². The van der Waals surface area contributed by atoms with Gasteiger partial charge in [0.05, 0.1) is 18.1 Å². The van der Waals surface area contributed by atoms with E-state index < -0.39 is 0 Å². The molecular formula is C28H25N5O2. The van der Waals surface area contributed by atoms with Crippen molar-refractivity contribution in [3.63, 3.8) is 0 Å². The van der Waals surface area contributed by atoms with E-state index in [1.165, 1.54) is 0 Å². The predicted molar refractivity (Wildman–Crippen MR) is 138 cm³/mol. The minimum Gasteiger partial charge on any atom is -0.361 e. The minimum atomic E-state index is -0.225. The van der Waals surface area contributed by atoms with Crippen LogP contribution in [0.25, 0.3) is 11.8 Å². The second-order valence-corrected chi connectivity index (χ2v) is 8.25. The smallest absolute Gasteiger partial charge is 0.295 e. The van der Waals surface area contributed by atoms with Crippen molar-refractivity contribution in [2.75, 3.05) is 12.0 Å². The van der Waals surface area contributed by atoms with E-state index in [0.717, 1.165) is 22.5 Å². The molecule has 0 radical (unpaired) electrons. The third-order valence-corrected chi connectivity index (χ3v) is 6.05. The third-order valence-electron chi connectivity index (χ3n) is 6.05. The van der Waals surface area contributed by atoms with Gasteiger partial charge in [-0.2, -0.15) is 0 Å². The molecule has 35 heavy (non-hydrogen) atoms. The fourth-order valence-electron chi connectivity index (χ4n) is 4.14. The van der Waals surface area contributed by atoms with Crippen molar-refractivity contribution in [2.45, 2.75) is 6.92 Å². The Labute approximate surface area is 203 Å². The van der Waals surface area contributed by atoms with Crippen LogP contribution in [0, 0.1) is 6.92 Å². The highest BCUT2D eigenvalue weighted by molar-refractivity contribution is 6.19. The first kappa shape index (κ1) is 22.2. The first-order valence-corrected chi connectivity index (χ1v) is 11.3. The summed E-state index contributed by atoms with van der Waals surface area (Å²) in [4.78, 5) is 32.9. The number of amides is 1. The van der Waals surface area contributed by atoms with Crippen LogP contribution < -0.4 is 10.9 Å². The van der Waals surface area contributed by atoms with Crippen molar-refractivity contribution in [3.05, 3.63) is 124 Å². The van der Waals surface area contributed by atoms with Crippen molar-refractivity contribution in [1.82, 2.24) is 14.3 Å². The highest BCUT2D eigenvalue weighted by Crippen LogP contribution is 2.23. The summed E-state index contributed by atoms with van der Waals surface area (Å²) in [6, 6.07) is 28.7. The van der Waals surface area contributed by atoms with E-state index in [9.17, 15) is 9.59 Å².